The quantitative estimate of drug-likeness (QED) is 0.598. The number of hydrogen-bond donors (Lipinski definition) is 1. The van der Waals surface area contributed by atoms with E-state index < -0.39 is 29.5 Å². The van der Waals surface area contributed by atoms with E-state index in [2.05, 4.69) is 26.1 Å². The van der Waals surface area contributed by atoms with Crippen LogP contribution < -0.4 is 5.32 Å². The lowest BCUT2D eigenvalue weighted by Gasteiger charge is -2.40. The number of ketones is 1. The van der Waals surface area contributed by atoms with Gasteiger partial charge in [-0.15, -0.1) is 0 Å². The van der Waals surface area contributed by atoms with Crippen molar-refractivity contribution < 1.29 is 23.9 Å². The highest BCUT2D eigenvalue weighted by molar-refractivity contribution is 6.08. The molecule has 1 aliphatic heterocycles. The van der Waals surface area contributed by atoms with Crippen LogP contribution in [0.25, 0.3) is 0 Å². The van der Waals surface area contributed by atoms with E-state index in [0.717, 1.165) is 17.7 Å². The third kappa shape index (κ3) is 4.68. The second kappa shape index (κ2) is 7.24. The number of carbonyl (C=O) groups is 4. The average Bonchev–Trinajstić information content (AvgIpc) is 2.75. The molecule has 1 N–H and O–H groups in total. The van der Waals surface area contributed by atoms with Gasteiger partial charge in [-0.05, 0) is 37.0 Å². The van der Waals surface area contributed by atoms with E-state index in [1.807, 2.05) is 0 Å². The molecule has 2 rings (SSSR count). The second-order valence-electron chi connectivity index (χ2n) is 9.88. The highest BCUT2D eigenvalue weighted by atomic mass is 16.5. The summed E-state index contributed by atoms with van der Waals surface area (Å²) in [5.41, 5.74) is -1.35. The molecule has 0 aromatic heterocycles. The van der Waals surface area contributed by atoms with E-state index >= 15 is 0 Å². The molecular formula is C20H32N2O5. The van der Waals surface area contributed by atoms with Crippen molar-refractivity contribution in [2.45, 2.75) is 72.8 Å². The zero-order chi connectivity index (χ0) is 20.6. The summed E-state index contributed by atoms with van der Waals surface area (Å²) in [7, 11) is 0. The summed E-state index contributed by atoms with van der Waals surface area (Å²) in [6.07, 6.45) is 2.86. The molecule has 0 radical (unpaired) electrons. The van der Waals surface area contributed by atoms with Crippen molar-refractivity contribution in [2.24, 2.45) is 16.7 Å². The molecule has 1 saturated carbocycles. The molecule has 3 amide bonds. The Bertz CT molecular complexity index is 634. The van der Waals surface area contributed by atoms with E-state index in [1.165, 1.54) is 0 Å². The molecule has 0 bridgehead atoms. The lowest BCUT2D eigenvalue weighted by atomic mass is 9.67. The van der Waals surface area contributed by atoms with Crippen LogP contribution in [0.1, 0.15) is 67.2 Å². The van der Waals surface area contributed by atoms with Gasteiger partial charge in [0.25, 0.3) is 5.91 Å². The smallest absolute Gasteiger partial charge is 0.326 e. The van der Waals surface area contributed by atoms with Crippen molar-refractivity contribution in [2.75, 3.05) is 13.2 Å². The number of hydrogen-bond acceptors (Lipinski definition) is 5. The number of rotatable bonds is 4. The number of carbonyl (C=O) groups excluding carboxylic acids is 4. The molecule has 0 atom stereocenters. The maximum Gasteiger partial charge on any atom is 0.326 e. The first-order valence-electron chi connectivity index (χ1n) is 9.59. The normalized spacial score (nSPS) is 26.3. The fourth-order valence-corrected chi connectivity index (χ4v) is 3.67. The number of ether oxygens (including phenoxy) is 1. The number of imide groups is 1. The summed E-state index contributed by atoms with van der Waals surface area (Å²) < 4.78 is 4.96. The fraction of sp³-hybridized carbons (Fsp3) is 0.800. The fourth-order valence-electron chi connectivity index (χ4n) is 3.67. The summed E-state index contributed by atoms with van der Waals surface area (Å²) in [4.78, 5) is 49.9. The number of amides is 3. The summed E-state index contributed by atoms with van der Waals surface area (Å²) >= 11 is 0. The molecule has 0 unspecified atom stereocenters. The molecule has 7 nitrogen and oxygen atoms in total. The van der Waals surface area contributed by atoms with Gasteiger partial charge in [0.15, 0.2) is 12.4 Å². The summed E-state index contributed by atoms with van der Waals surface area (Å²) in [6, 6.07) is -0.562. The number of Topliss-reactive ketones (excluding diaryl/α,β-unsaturated/α-hetero) is 1. The zero-order valence-corrected chi connectivity index (χ0v) is 17.3. The van der Waals surface area contributed by atoms with Crippen LogP contribution in [0.15, 0.2) is 0 Å². The van der Waals surface area contributed by atoms with E-state index in [0.29, 0.717) is 18.8 Å². The van der Waals surface area contributed by atoms with E-state index in [4.69, 9.17) is 4.74 Å². The lowest BCUT2D eigenvalue weighted by molar-refractivity contribution is -0.152. The molecule has 1 saturated heterocycles. The highest BCUT2D eigenvalue weighted by Gasteiger charge is 2.53. The maximum atomic E-state index is 12.8. The van der Waals surface area contributed by atoms with Gasteiger partial charge in [0.2, 0.25) is 0 Å². The van der Waals surface area contributed by atoms with E-state index in [1.54, 1.807) is 20.8 Å². The maximum absolute atomic E-state index is 12.8. The Balaban J connectivity index is 1.95. The van der Waals surface area contributed by atoms with Gasteiger partial charge in [0.1, 0.15) is 12.1 Å². The average molecular weight is 380 g/mol. The number of nitrogens with one attached hydrogen (secondary N) is 1. The van der Waals surface area contributed by atoms with Crippen LogP contribution in [-0.2, 0) is 19.1 Å². The van der Waals surface area contributed by atoms with Crippen molar-refractivity contribution in [3.8, 4) is 0 Å². The van der Waals surface area contributed by atoms with E-state index in [9.17, 15) is 19.2 Å². The Morgan fingerprint density at radius 1 is 1.11 bits per heavy atom. The number of esters is 1. The van der Waals surface area contributed by atoms with Gasteiger partial charge >= 0.3 is 12.0 Å². The van der Waals surface area contributed by atoms with Crippen molar-refractivity contribution in [1.82, 2.24) is 10.2 Å². The summed E-state index contributed by atoms with van der Waals surface area (Å²) in [5.74, 6) is -0.837. The van der Waals surface area contributed by atoms with Gasteiger partial charge in [-0.3, -0.25) is 19.3 Å². The predicted octanol–water partition coefficient (Wildman–Crippen LogP) is 2.67. The Morgan fingerprint density at radius 2 is 1.67 bits per heavy atom. The third-order valence-electron chi connectivity index (χ3n) is 5.80. The Hall–Kier alpha value is -1.92. The van der Waals surface area contributed by atoms with Crippen LogP contribution in [0.4, 0.5) is 4.79 Å². The monoisotopic (exact) mass is 380 g/mol. The molecule has 2 fully saturated rings. The third-order valence-corrected chi connectivity index (χ3v) is 5.80. The molecule has 0 aromatic rings. The first kappa shape index (κ1) is 21.4. The van der Waals surface area contributed by atoms with Crippen molar-refractivity contribution in [3.63, 3.8) is 0 Å². The van der Waals surface area contributed by atoms with Crippen LogP contribution in [0.3, 0.4) is 0 Å². The standard InChI is InChI=1S/C20H32N2O5/c1-18(2,3)13-7-9-20(10-8-13)16(25)22(17(26)21-20)11-15(24)27-12-14(23)19(4,5)6/h13H,7-12H2,1-6H3,(H,21,26). The van der Waals surface area contributed by atoms with Crippen LogP contribution in [-0.4, -0.2) is 47.3 Å². The molecule has 152 valence electrons. The van der Waals surface area contributed by atoms with Crippen LogP contribution in [0.2, 0.25) is 0 Å². The molecule has 27 heavy (non-hydrogen) atoms. The van der Waals surface area contributed by atoms with Gasteiger partial charge in [0, 0.05) is 5.41 Å². The minimum Gasteiger partial charge on any atom is -0.456 e. The molecule has 1 aliphatic carbocycles. The van der Waals surface area contributed by atoms with Gasteiger partial charge in [-0.2, -0.15) is 0 Å². The zero-order valence-electron chi connectivity index (χ0n) is 17.3. The summed E-state index contributed by atoms with van der Waals surface area (Å²) in [6.45, 7) is 10.9. The minimum absolute atomic E-state index is 0.163. The van der Waals surface area contributed by atoms with E-state index in [-0.39, 0.29) is 23.7 Å². The predicted molar refractivity (Wildman–Crippen MR) is 99.8 cm³/mol. The number of nitrogens with zero attached hydrogens (tertiary/aromatic N) is 1. The first-order chi connectivity index (χ1) is 12.3. The van der Waals surface area contributed by atoms with Crippen molar-refractivity contribution in [1.29, 1.82) is 0 Å². The number of urea groups is 1. The molecule has 0 aromatic carbocycles. The van der Waals surface area contributed by atoms with Crippen LogP contribution >= 0.6 is 0 Å². The van der Waals surface area contributed by atoms with Crippen LogP contribution in [0.5, 0.6) is 0 Å². The van der Waals surface area contributed by atoms with Crippen molar-refractivity contribution in [3.05, 3.63) is 0 Å². The van der Waals surface area contributed by atoms with Gasteiger partial charge < -0.3 is 10.1 Å². The molecule has 7 heteroatoms. The second-order valence-corrected chi connectivity index (χ2v) is 9.88. The van der Waals surface area contributed by atoms with Crippen molar-refractivity contribution >= 4 is 23.7 Å². The molecule has 1 spiro atoms. The Kier molecular flexibility index (Phi) is 5.74. The molecule has 1 heterocycles. The van der Waals surface area contributed by atoms with Gasteiger partial charge in [-0.1, -0.05) is 41.5 Å². The largest absolute Gasteiger partial charge is 0.456 e. The molecule has 2 aliphatic rings. The lowest BCUT2D eigenvalue weighted by Crippen LogP contribution is -2.50. The van der Waals surface area contributed by atoms with Gasteiger partial charge in [0.05, 0.1) is 0 Å². The van der Waals surface area contributed by atoms with Gasteiger partial charge in [-0.25, -0.2) is 4.79 Å². The summed E-state index contributed by atoms with van der Waals surface area (Å²) in [5, 5.41) is 2.80. The minimum atomic E-state index is -0.902. The Labute approximate surface area is 161 Å². The molecular weight excluding hydrogens is 348 g/mol. The SMILES string of the molecule is CC(C)(C)C(=O)COC(=O)CN1C(=O)NC2(CCC(C(C)(C)C)CC2)C1=O. The highest BCUT2D eigenvalue weighted by Crippen LogP contribution is 2.43. The first-order valence-corrected chi connectivity index (χ1v) is 9.59. The topological polar surface area (TPSA) is 92.8 Å². The Morgan fingerprint density at radius 3 is 2.15 bits per heavy atom. The van der Waals surface area contributed by atoms with Crippen LogP contribution in [0, 0.1) is 16.7 Å².